The Bertz CT molecular complexity index is 1230. The van der Waals surface area contributed by atoms with Gasteiger partial charge in [-0.15, -0.1) is 0 Å². The SMILES string of the molecule is Bc1cnc2c(c1)nc(CCNC(=O)OC(C)(C)C)n2CCOS(=O)(=O)c1ccc(C)cc1. The minimum Gasteiger partial charge on any atom is -0.444 e. The first kappa shape index (κ1) is 24.7. The Balaban J connectivity index is 1.71. The third-order valence-electron chi connectivity index (χ3n) is 4.68. The highest BCUT2D eigenvalue weighted by molar-refractivity contribution is 7.86. The van der Waals surface area contributed by atoms with Crippen molar-refractivity contribution < 1.29 is 22.1 Å². The predicted octanol–water partition coefficient (Wildman–Crippen LogP) is 1.47. The van der Waals surface area contributed by atoms with E-state index in [2.05, 4.69) is 15.3 Å². The number of benzene rings is 1. The Morgan fingerprint density at radius 3 is 2.58 bits per heavy atom. The molecule has 2 aromatic heterocycles. The van der Waals surface area contributed by atoms with Crippen LogP contribution < -0.4 is 10.8 Å². The van der Waals surface area contributed by atoms with Crippen LogP contribution >= 0.6 is 0 Å². The van der Waals surface area contributed by atoms with Gasteiger partial charge >= 0.3 is 6.09 Å². The van der Waals surface area contributed by atoms with Gasteiger partial charge in [0.25, 0.3) is 10.1 Å². The largest absolute Gasteiger partial charge is 0.444 e. The number of hydrogen-bond donors (Lipinski definition) is 1. The highest BCUT2D eigenvalue weighted by atomic mass is 32.2. The third-order valence-corrected chi connectivity index (χ3v) is 6.01. The van der Waals surface area contributed by atoms with E-state index in [1.165, 1.54) is 12.1 Å². The van der Waals surface area contributed by atoms with Crippen molar-refractivity contribution in [3.8, 4) is 0 Å². The van der Waals surface area contributed by atoms with Crippen LogP contribution in [0, 0.1) is 6.92 Å². The van der Waals surface area contributed by atoms with Crippen molar-refractivity contribution in [3.63, 3.8) is 0 Å². The van der Waals surface area contributed by atoms with Crippen LogP contribution in [0.25, 0.3) is 11.2 Å². The molecule has 0 radical (unpaired) electrons. The number of pyridine rings is 1. The number of ether oxygens (including phenoxy) is 1. The predicted molar refractivity (Wildman–Crippen MR) is 128 cm³/mol. The quantitative estimate of drug-likeness (QED) is 0.390. The van der Waals surface area contributed by atoms with Crippen LogP contribution in [0.3, 0.4) is 0 Å². The first-order valence-corrected chi connectivity index (χ1v) is 12.1. The number of alkyl carbamates (subject to hydrolysis) is 1. The molecule has 9 nitrogen and oxygen atoms in total. The van der Waals surface area contributed by atoms with Gasteiger partial charge in [-0.25, -0.2) is 14.8 Å². The van der Waals surface area contributed by atoms with Gasteiger partial charge in [0.2, 0.25) is 0 Å². The van der Waals surface area contributed by atoms with Crippen molar-refractivity contribution in [2.45, 2.75) is 51.2 Å². The maximum atomic E-state index is 12.5. The lowest BCUT2D eigenvalue weighted by atomic mass is 9.99. The molecule has 33 heavy (non-hydrogen) atoms. The minimum atomic E-state index is -3.88. The average molecular weight is 472 g/mol. The molecule has 11 heteroatoms. The van der Waals surface area contributed by atoms with Gasteiger partial charge in [0.1, 0.15) is 24.8 Å². The van der Waals surface area contributed by atoms with Crippen LogP contribution in [-0.2, 0) is 32.0 Å². The number of aromatic nitrogens is 3. The molecule has 0 aliphatic heterocycles. The summed E-state index contributed by atoms with van der Waals surface area (Å²) in [6, 6.07) is 8.40. The number of nitrogens with one attached hydrogen (secondary N) is 1. The van der Waals surface area contributed by atoms with Crippen LogP contribution in [0.15, 0.2) is 41.4 Å². The fourth-order valence-electron chi connectivity index (χ4n) is 3.19. The summed E-state index contributed by atoms with van der Waals surface area (Å²) in [5.74, 6) is 0.662. The number of nitrogens with zero attached hydrogens (tertiary/aromatic N) is 3. The number of fused-ring (bicyclic) bond motifs is 1. The molecule has 3 rings (SSSR count). The molecule has 0 fully saturated rings. The summed E-state index contributed by atoms with van der Waals surface area (Å²) >= 11 is 0. The van der Waals surface area contributed by atoms with Crippen molar-refractivity contribution in [2.75, 3.05) is 13.2 Å². The topological polar surface area (TPSA) is 112 Å². The molecule has 1 aromatic carbocycles. The van der Waals surface area contributed by atoms with Crippen LogP contribution in [0.1, 0.15) is 32.2 Å². The molecule has 0 aliphatic carbocycles. The van der Waals surface area contributed by atoms with E-state index in [-0.39, 0.29) is 18.0 Å². The standard InChI is InChI=1S/C22H29BN4O5S/c1-15-5-7-17(8-6-15)33(29,30)31-12-11-27-19(9-10-24-21(28)32-22(2,3)4)26-18-13-16(23)14-25-20(18)27/h5-8,13-14H,9-12,23H2,1-4H3,(H,24,28). The van der Waals surface area contributed by atoms with Crippen LogP contribution in [0.4, 0.5) is 4.79 Å². The van der Waals surface area contributed by atoms with E-state index < -0.39 is 21.8 Å². The summed E-state index contributed by atoms with van der Waals surface area (Å²) in [5, 5.41) is 2.71. The van der Waals surface area contributed by atoms with Gasteiger partial charge in [-0.05, 0) is 45.9 Å². The Morgan fingerprint density at radius 1 is 1.21 bits per heavy atom. The second-order valence-electron chi connectivity index (χ2n) is 8.80. The normalized spacial score (nSPS) is 12.1. The molecule has 0 spiro atoms. The summed E-state index contributed by atoms with van der Waals surface area (Å²) in [6.07, 6.45) is 1.64. The van der Waals surface area contributed by atoms with E-state index in [0.29, 0.717) is 30.0 Å². The van der Waals surface area contributed by atoms with Gasteiger partial charge < -0.3 is 14.6 Å². The number of aryl methyl sites for hydroxylation is 1. The molecule has 0 aliphatic rings. The maximum Gasteiger partial charge on any atom is 0.407 e. The van der Waals surface area contributed by atoms with Crippen LogP contribution in [-0.4, -0.2) is 55.6 Å². The summed E-state index contributed by atoms with van der Waals surface area (Å²) in [6.45, 7) is 7.73. The van der Waals surface area contributed by atoms with E-state index in [0.717, 1.165) is 11.0 Å². The van der Waals surface area contributed by atoms with E-state index in [1.807, 2.05) is 25.4 Å². The summed E-state index contributed by atoms with van der Waals surface area (Å²) < 4.78 is 37.3. The third kappa shape index (κ3) is 6.78. The monoisotopic (exact) mass is 472 g/mol. The van der Waals surface area contributed by atoms with Crippen molar-refractivity contribution in [2.24, 2.45) is 0 Å². The molecule has 1 amide bonds. The average Bonchev–Trinajstić information content (AvgIpc) is 3.03. The molecule has 176 valence electrons. The number of amides is 1. The molecule has 3 aromatic rings. The summed E-state index contributed by atoms with van der Waals surface area (Å²) in [5.41, 5.74) is 2.67. The highest BCUT2D eigenvalue weighted by Gasteiger charge is 2.18. The molecular weight excluding hydrogens is 443 g/mol. The van der Waals surface area contributed by atoms with E-state index in [4.69, 9.17) is 8.92 Å². The molecule has 0 saturated carbocycles. The lowest BCUT2D eigenvalue weighted by Gasteiger charge is -2.19. The molecule has 0 bridgehead atoms. The molecule has 0 saturated heterocycles. The van der Waals surface area contributed by atoms with Gasteiger partial charge in [0.15, 0.2) is 5.65 Å². The van der Waals surface area contributed by atoms with Crippen molar-refractivity contribution in [1.82, 2.24) is 19.9 Å². The van der Waals surface area contributed by atoms with Crippen molar-refractivity contribution >= 4 is 40.7 Å². The van der Waals surface area contributed by atoms with E-state index >= 15 is 0 Å². The first-order valence-electron chi connectivity index (χ1n) is 10.7. The Morgan fingerprint density at radius 2 is 1.91 bits per heavy atom. The fourth-order valence-corrected chi connectivity index (χ4v) is 4.09. The molecule has 2 heterocycles. The zero-order valence-corrected chi connectivity index (χ0v) is 20.4. The minimum absolute atomic E-state index is 0.0796. The Hall–Kier alpha value is -2.92. The van der Waals surface area contributed by atoms with Gasteiger partial charge in [0, 0.05) is 19.2 Å². The van der Waals surface area contributed by atoms with Crippen LogP contribution in [0.2, 0.25) is 0 Å². The second-order valence-corrected chi connectivity index (χ2v) is 10.4. The van der Waals surface area contributed by atoms with Gasteiger partial charge in [0.05, 0.1) is 18.0 Å². The second kappa shape index (κ2) is 9.92. The number of hydrogen-bond acceptors (Lipinski definition) is 7. The van der Waals surface area contributed by atoms with E-state index in [1.54, 1.807) is 39.1 Å². The van der Waals surface area contributed by atoms with Gasteiger partial charge in [-0.2, -0.15) is 8.42 Å². The first-order chi connectivity index (χ1) is 15.4. The number of carbonyl (C=O) groups excluding carboxylic acids is 1. The zero-order valence-electron chi connectivity index (χ0n) is 19.6. The van der Waals surface area contributed by atoms with Crippen molar-refractivity contribution in [3.05, 3.63) is 47.9 Å². The summed E-state index contributed by atoms with van der Waals surface area (Å²) in [4.78, 5) is 21.1. The molecule has 0 unspecified atom stereocenters. The fraction of sp³-hybridized carbons (Fsp3) is 0.409. The van der Waals surface area contributed by atoms with Gasteiger partial charge in [-0.1, -0.05) is 23.2 Å². The maximum absolute atomic E-state index is 12.5. The smallest absolute Gasteiger partial charge is 0.407 e. The lowest BCUT2D eigenvalue weighted by Crippen LogP contribution is -2.33. The number of carbonyl (C=O) groups is 1. The Labute approximate surface area is 195 Å². The molecule has 1 N–H and O–H groups in total. The Kier molecular flexibility index (Phi) is 7.43. The van der Waals surface area contributed by atoms with Gasteiger partial charge in [-0.3, -0.25) is 4.18 Å². The van der Waals surface area contributed by atoms with E-state index in [9.17, 15) is 13.2 Å². The number of rotatable bonds is 8. The van der Waals surface area contributed by atoms with Crippen LogP contribution in [0.5, 0.6) is 0 Å². The molecular formula is C22H29BN4O5S. The van der Waals surface area contributed by atoms with Crippen molar-refractivity contribution in [1.29, 1.82) is 0 Å². The zero-order chi connectivity index (χ0) is 24.2. The molecule has 0 atom stereocenters. The lowest BCUT2D eigenvalue weighted by molar-refractivity contribution is 0.0528. The number of imidazole rings is 1. The summed E-state index contributed by atoms with van der Waals surface area (Å²) in [7, 11) is -1.95. The highest BCUT2D eigenvalue weighted by Crippen LogP contribution is 2.16.